The molecule has 2 rings (SSSR count). The van der Waals surface area contributed by atoms with Gasteiger partial charge in [0.1, 0.15) is 0 Å². The SMILES string of the molecule is CC(=O)N(C)Cc1cccc(NCc2cccn2C)c1. The van der Waals surface area contributed by atoms with E-state index in [9.17, 15) is 4.79 Å². The number of hydrogen-bond acceptors (Lipinski definition) is 2. The van der Waals surface area contributed by atoms with Gasteiger partial charge in [-0.3, -0.25) is 4.79 Å². The van der Waals surface area contributed by atoms with Gasteiger partial charge in [0.05, 0.1) is 6.54 Å². The molecule has 2 aromatic rings. The monoisotopic (exact) mass is 271 g/mol. The highest BCUT2D eigenvalue weighted by Gasteiger charge is 2.04. The molecule has 1 aromatic heterocycles. The summed E-state index contributed by atoms with van der Waals surface area (Å²) in [4.78, 5) is 13.0. The second-order valence-electron chi connectivity index (χ2n) is 5.04. The largest absolute Gasteiger partial charge is 0.379 e. The van der Waals surface area contributed by atoms with Gasteiger partial charge in [-0.15, -0.1) is 0 Å². The van der Waals surface area contributed by atoms with E-state index in [2.05, 4.69) is 22.0 Å². The van der Waals surface area contributed by atoms with Gasteiger partial charge in [-0.05, 0) is 29.8 Å². The minimum absolute atomic E-state index is 0.0761. The fourth-order valence-corrected chi connectivity index (χ4v) is 2.04. The number of anilines is 1. The fraction of sp³-hybridized carbons (Fsp3) is 0.312. The summed E-state index contributed by atoms with van der Waals surface area (Å²) >= 11 is 0. The second-order valence-corrected chi connectivity index (χ2v) is 5.04. The Kier molecular flexibility index (Phi) is 4.45. The fourth-order valence-electron chi connectivity index (χ4n) is 2.04. The minimum Gasteiger partial charge on any atom is -0.379 e. The van der Waals surface area contributed by atoms with Crippen LogP contribution in [0, 0.1) is 0 Å². The summed E-state index contributed by atoms with van der Waals surface area (Å²) in [6.07, 6.45) is 2.04. The lowest BCUT2D eigenvalue weighted by Crippen LogP contribution is -2.23. The molecule has 1 heterocycles. The average Bonchev–Trinajstić information content (AvgIpc) is 2.82. The van der Waals surface area contributed by atoms with Gasteiger partial charge in [0.15, 0.2) is 0 Å². The summed E-state index contributed by atoms with van der Waals surface area (Å²) in [6.45, 7) is 3.00. The Morgan fingerprint density at radius 3 is 2.75 bits per heavy atom. The molecule has 20 heavy (non-hydrogen) atoms. The standard InChI is InChI=1S/C16H21N3O/c1-13(20)19(3)12-14-6-4-7-15(10-14)17-11-16-8-5-9-18(16)2/h4-10,17H,11-12H2,1-3H3. The van der Waals surface area contributed by atoms with E-state index in [1.165, 1.54) is 5.69 Å². The first-order chi connectivity index (χ1) is 9.56. The number of benzene rings is 1. The number of aromatic nitrogens is 1. The van der Waals surface area contributed by atoms with Crippen LogP contribution in [-0.4, -0.2) is 22.4 Å². The van der Waals surface area contributed by atoms with E-state index in [-0.39, 0.29) is 5.91 Å². The summed E-state index contributed by atoms with van der Waals surface area (Å²) in [7, 11) is 3.85. The van der Waals surface area contributed by atoms with Crippen molar-refractivity contribution in [3.63, 3.8) is 0 Å². The number of amides is 1. The van der Waals surface area contributed by atoms with Gasteiger partial charge in [0.2, 0.25) is 5.91 Å². The smallest absolute Gasteiger partial charge is 0.219 e. The zero-order valence-electron chi connectivity index (χ0n) is 12.3. The first-order valence-corrected chi connectivity index (χ1v) is 6.71. The van der Waals surface area contributed by atoms with Gasteiger partial charge in [-0.25, -0.2) is 0 Å². The van der Waals surface area contributed by atoms with Crippen molar-refractivity contribution < 1.29 is 4.79 Å². The molecule has 0 saturated heterocycles. The van der Waals surface area contributed by atoms with Crippen LogP contribution in [0.5, 0.6) is 0 Å². The summed E-state index contributed by atoms with van der Waals surface area (Å²) < 4.78 is 2.10. The molecule has 0 fully saturated rings. The van der Waals surface area contributed by atoms with Crippen LogP contribution in [0.25, 0.3) is 0 Å². The second kappa shape index (κ2) is 6.28. The zero-order valence-corrected chi connectivity index (χ0v) is 12.3. The van der Waals surface area contributed by atoms with Crippen molar-refractivity contribution >= 4 is 11.6 Å². The number of carbonyl (C=O) groups is 1. The van der Waals surface area contributed by atoms with E-state index in [1.807, 2.05) is 44.6 Å². The van der Waals surface area contributed by atoms with Crippen molar-refractivity contribution in [1.29, 1.82) is 0 Å². The molecule has 0 radical (unpaired) electrons. The van der Waals surface area contributed by atoms with Gasteiger partial charge >= 0.3 is 0 Å². The quantitative estimate of drug-likeness (QED) is 0.907. The van der Waals surface area contributed by atoms with Crippen LogP contribution in [-0.2, 0) is 24.9 Å². The third kappa shape index (κ3) is 3.63. The Bertz CT molecular complexity index is 589. The van der Waals surface area contributed by atoms with Crippen molar-refractivity contribution in [1.82, 2.24) is 9.47 Å². The van der Waals surface area contributed by atoms with Gasteiger partial charge in [0.25, 0.3) is 0 Å². The lowest BCUT2D eigenvalue weighted by molar-refractivity contribution is -0.128. The molecule has 0 saturated carbocycles. The van der Waals surface area contributed by atoms with Crippen LogP contribution in [0.1, 0.15) is 18.2 Å². The van der Waals surface area contributed by atoms with Gasteiger partial charge in [0, 0.05) is 45.1 Å². The maximum absolute atomic E-state index is 11.3. The van der Waals surface area contributed by atoms with Crippen molar-refractivity contribution in [2.45, 2.75) is 20.0 Å². The molecule has 0 atom stereocenters. The van der Waals surface area contributed by atoms with Gasteiger partial charge < -0.3 is 14.8 Å². The predicted octanol–water partition coefficient (Wildman–Crippen LogP) is 2.62. The Labute approximate surface area is 120 Å². The molecular formula is C16H21N3O. The molecule has 1 N–H and O–H groups in total. The number of nitrogens with one attached hydrogen (secondary N) is 1. The van der Waals surface area contributed by atoms with Crippen molar-refractivity contribution in [3.05, 3.63) is 53.9 Å². The van der Waals surface area contributed by atoms with Crippen LogP contribution < -0.4 is 5.32 Å². The van der Waals surface area contributed by atoms with Gasteiger partial charge in [-0.1, -0.05) is 12.1 Å². The maximum atomic E-state index is 11.3. The van der Waals surface area contributed by atoms with Crippen LogP contribution in [0.3, 0.4) is 0 Å². The highest BCUT2D eigenvalue weighted by Crippen LogP contribution is 2.13. The van der Waals surface area contributed by atoms with E-state index in [1.54, 1.807) is 11.8 Å². The van der Waals surface area contributed by atoms with E-state index in [4.69, 9.17) is 0 Å². The molecule has 0 bridgehead atoms. The lowest BCUT2D eigenvalue weighted by atomic mass is 10.2. The molecule has 0 spiro atoms. The highest BCUT2D eigenvalue weighted by molar-refractivity contribution is 5.72. The lowest BCUT2D eigenvalue weighted by Gasteiger charge is -2.15. The topological polar surface area (TPSA) is 37.3 Å². The van der Waals surface area contributed by atoms with Crippen LogP contribution >= 0.6 is 0 Å². The highest BCUT2D eigenvalue weighted by atomic mass is 16.2. The normalized spacial score (nSPS) is 10.3. The van der Waals surface area contributed by atoms with E-state index in [0.717, 1.165) is 17.8 Å². The number of nitrogens with zero attached hydrogens (tertiary/aromatic N) is 2. The Balaban J connectivity index is 1.99. The number of aryl methyl sites for hydroxylation is 1. The zero-order chi connectivity index (χ0) is 14.5. The molecule has 4 heteroatoms. The number of rotatable bonds is 5. The minimum atomic E-state index is 0.0761. The first kappa shape index (κ1) is 14.2. The summed E-state index contributed by atoms with van der Waals surface area (Å²) in [6, 6.07) is 12.3. The summed E-state index contributed by atoms with van der Waals surface area (Å²) in [5.74, 6) is 0.0761. The van der Waals surface area contributed by atoms with Crippen molar-refractivity contribution in [3.8, 4) is 0 Å². The number of hydrogen-bond donors (Lipinski definition) is 1. The van der Waals surface area contributed by atoms with E-state index >= 15 is 0 Å². The first-order valence-electron chi connectivity index (χ1n) is 6.71. The Hall–Kier alpha value is -2.23. The van der Waals surface area contributed by atoms with Crippen molar-refractivity contribution in [2.24, 2.45) is 7.05 Å². The Morgan fingerprint density at radius 2 is 2.10 bits per heavy atom. The predicted molar refractivity (Wildman–Crippen MR) is 81.3 cm³/mol. The molecular weight excluding hydrogens is 250 g/mol. The summed E-state index contributed by atoms with van der Waals surface area (Å²) in [5, 5.41) is 3.41. The molecule has 4 nitrogen and oxygen atoms in total. The number of carbonyl (C=O) groups excluding carboxylic acids is 1. The summed E-state index contributed by atoms with van der Waals surface area (Å²) in [5.41, 5.74) is 3.43. The third-order valence-electron chi connectivity index (χ3n) is 3.41. The molecule has 0 aliphatic carbocycles. The van der Waals surface area contributed by atoms with E-state index in [0.29, 0.717) is 6.54 Å². The molecule has 106 valence electrons. The van der Waals surface area contributed by atoms with Crippen LogP contribution in [0.4, 0.5) is 5.69 Å². The molecule has 1 aromatic carbocycles. The van der Waals surface area contributed by atoms with E-state index < -0.39 is 0 Å². The van der Waals surface area contributed by atoms with Crippen molar-refractivity contribution in [2.75, 3.05) is 12.4 Å². The third-order valence-corrected chi connectivity index (χ3v) is 3.41. The molecule has 0 aliphatic rings. The molecule has 1 amide bonds. The van der Waals surface area contributed by atoms with Crippen LogP contribution in [0.15, 0.2) is 42.6 Å². The van der Waals surface area contributed by atoms with Gasteiger partial charge in [-0.2, -0.15) is 0 Å². The molecule has 0 unspecified atom stereocenters. The molecule has 0 aliphatic heterocycles. The Morgan fingerprint density at radius 1 is 1.30 bits per heavy atom. The van der Waals surface area contributed by atoms with Crippen LogP contribution in [0.2, 0.25) is 0 Å². The average molecular weight is 271 g/mol. The maximum Gasteiger partial charge on any atom is 0.219 e.